The largest absolute Gasteiger partial charge is 0.466 e. The van der Waals surface area contributed by atoms with Crippen LogP contribution in [0.15, 0.2) is 13.2 Å². The number of carbonyl (C=O) groups is 1. The first kappa shape index (κ1) is 11.2. The van der Waals surface area contributed by atoms with Gasteiger partial charge in [0, 0.05) is 0 Å². The van der Waals surface area contributed by atoms with Crippen LogP contribution in [0.2, 0.25) is 0 Å². The van der Waals surface area contributed by atoms with E-state index in [1.807, 2.05) is 0 Å². The fraction of sp³-hybridized carbons (Fsp3) is 0.273. The maximum Gasteiger partial charge on any atom is 0.313 e. The molecule has 0 radical (unpaired) electrons. The van der Waals surface area contributed by atoms with Crippen molar-refractivity contribution in [2.45, 2.75) is 13.3 Å². The third-order valence-corrected chi connectivity index (χ3v) is 1.82. The highest BCUT2D eigenvalue weighted by atomic mass is 16.5. The summed E-state index contributed by atoms with van der Waals surface area (Å²) in [5, 5.41) is 0. The molecule has 1 aromatic rings. The smallest absolute Gasteiger partial charge is 0.313 e. The van der Waals surface area contributed by atoms with Gasteiger partial charge in [-0.1, -0.05) is 13.2 Å². The minimum atomic E-state index is -0.294. The zero-order valence-electron chi connectivity index (χ0n) is 8.75. The van der Waals surface area contributed by atoms with Crippen LogP contribution in [0.25, 0.3) is 12.2 Å². The highest BCUT2D eigenvalue weighted by Gasteiger charge is 2.09. The van der Waals surface area contributed by atoms with E-state index in [1.54, 1.807) is 19.1 Å². The summed E-state index contributed by atoms with van der Waals surface area (Å²) < 4.78 is 4.81. The van der Waals surface area contributed by atoms with E-state index in [0.29, 0.717) is 18.1 Å². The summed E-state index contributed by atoms with van der Waals surface area (Å²) in [4.78, 5) is 18.3. The Labute approximate surface area is 88.7 Å². The minimum absolute atomic E-state index is 0.141. The van der Waals surface area contributed by atoms with Crippen molar-refractivity contribution in [3.63, 3.8) is 0 Å². The third kappa shape index (κ3) is 2.80. The Bertz CT molecular complexity index is 354. The molecule has 0 bridgehead atoms. The van der Waals surface area contributed by atoms with Crippen LogP contribution in [-0.2, 0) is 16.0 Å². The second-order valence-electron chi connectivity index (χ2n) is 2.87. The van der Waals surface area contributed by atoms with Crippen molar-refractivity contribution in [3.8, 4) is 0 Å². The predicted octanol–water partition coefficient (Wildman–Crippen LogP) is 1.80. The average Bonchev–Trinajstić information content (AvgIpc) is 2.60. The number of hydrogen-bond donors (Lipinski definition) is 1. The van der Waals surface area contributed by atoms with E-state index in [-0.39, 0.29) is 12.4 Å². The number of nitrogens with zero attached hydrogens (tertiary/aromatic N) is 1. The van der Waals surface area contributed by atoms with Gasteiger partial charge < -0.3 is 9.72 Å². The molecule has 0 spiro atoms. The number of ether oxygens (including phenoxy) is 1. The average molecular weight is 206 g/mol. The number of esters is 1. The molecular weight excluding hydrogens is 192 g/mol. The molecule has 80 valence electrons. The Kier molecular flexibility index (Phi) is 3.85. The lowest BCUT2D eigenvalue weighted by molar-refractivity contribution is -0.142. The van der Waals surface area contributed by atoms with E-state index in [4.69, 9.17) is 4.74 Å². The lowest BCUT2D eigenvalue weighted by Crippen LogP contribution is -2.08. The molecule has 0 unspecified atom stereocenters. The number of aromatic nitrogens is 2. The number of carbonyl (C=O) groups excluding carboxylic acids is 1. The molecule has 0 amide bonds. The Morgan fingerprint density at radius 1 is 1.53 bits per heavy atom. The van der Waals surface area contributed by atoms with Crippen LogP contribution >= 0.6 is 0 Å². The van der Waals surface area contributed by atoms with Gasteiger partial charge in [-0.3, -0.25) is 4.79 Å². The highest BCUT2D eigenvalue weighted by molar-refractivity contribution is 5.72. The minimum Gasteiger partial charge on any atom is -0.466 e. The summed E-state index contributed by atoms with van der Waals surface area (Å²) in [7, 11) is 0. The zero-order chi connectivity index (χ0) is 11.3. The predicted molar refractivity (Wildman–Crippen MR) is 59.1 cm³/mol. The standard InChI is InChI=1S/C11H14N2O2/c1-4-8-9(5-2)13-10(12-8)7-11(14)15-6-3/h4-5H,1-2,6-7H2,3H3,(H,12,13). The fourth-order valence-electron chi connectivity index (χ4n) is 1.20. The SMILES string of the molecule is C=Cc1nc(CC(=O)OCC)[nH]c1C=C. The van der Waals surface area contributed by atoms with Crippen molar-refractivity contribution in [3.05, 3.63) is 30.4 Å². The first-order valence-electron chi connectivity index (χ1n) is 4.70. The van der Waals surface area contributed by atoms with E-state index in [2.05, 4.69) is 23.1 Å². The van der Waals surface area contributed by atoms with Gasteiger partial charge in [0.25, 0.3) is 0 Å². The van der Waals surface area contributed by atoms with Crippen LogP contribution in [0.5, 0.6) is 0 Å². The molecule has 0 aliphatic carbocycles. The maximum atomic E-state index is 11.2. The van der Waals surface area contributed by atoms with Gasteiger partial charge >= 0.3 is 5.97 Å². The maximum absolute atomic E-state index is 11.2. The third-order valence-electron chi connectivity index (χ3n) is 1.82. The van der Waals surface area contributed by atoms with E-state index in [1.165, 1.54) is 0 Å². The molecule has 0 fully saturated rings. The summed E-state index contributed by atoms with van der Waals surface area (Å²) >= 11 is 0. The van der Waals surface area contributed by atoms with Crippen LogP contribution in [0.4, 0.5) is 0 Å². The first-order valence-corrected chi connectivity index (χ1v) is 4.70. The molecule has 1 aromatic heterocycles. The molecule has 0 saturated carbocycles. The molecule has 4 heteroatoms. The number of aromatic amines is 1. The van der Waals surface area contributed by atoms with Gasteiger partial charge in [0.05, 0.1) is 18.0 Å². The molecule has 1 heterocycles. The Hall–Kier alpha value is -1.84. The van der Waals surface area contributed by atoms with Crippen molar-refractivity contribution >= 4 is 18.1 Å². The van der Waals surface area contributed by atoms with E-state index >= 15 is 0 Å². The highest BCUT2D eigenvalue weighted by Crippen LogP contribution is 2.09. The molecular formula is C11H14N2O2. The molecule has 1 rings (SSSR count). The van der Waals surface area contributed by atoms with Gasteiger partial charge in [-0.05, 0) is 19.1 Å². The lowest BCUT2D eigenvalue weighted by Gasteiger charge is -1.97. The molecule has 0 aromatic carbocycles. The first-order chi connectivity index (χ1) is 7.21. The van der Waals surface area contributed by atoms with Gasteiger partial charge in [0.2, 0.25) is 0 Å². The summed E-state index contributed by atoms with van der Waals surface area (Å²) in [6.07, 6.45) is 3.39. The molecule has 0 aliphatic heterocycles. The van der Waals surface area contributed by atoms with Crippen LogP contribution in [0, 0.1) is 0 Å². The fourth-order valence-corrected chi connectivity index (χ4v) is 1.20. The van der Waals surface area contributed by atoms with Crippen LogP contribution in [0.1, 0.15) is 24.1 Å². The Balaban J connectivity index is 2.78. The van der Waals surface area contributed by atoms with Gasteiger partial charge in [-0.2, -0.15) is 0 Å². The Morgan fingerprint density at radius 3 is 2.73 bits per heavy atom. The topological polar surface area (TPSA) is 55.0 Å². The number of rotatable bonds is 5. The number of nitrogens with one attached hydrogen (secondary N) is 1. The second-order valence-corrected chi connectivity index (χ2v) is 2.87. The number of imidazole rings is 1. The second kappa shape index (κ2) is 5.14. The van der Waals surface area contributed by atoms with Crippen molar-refractivity contribution in [2.24, 2.45) is 0 Å². The molecule has 1 N–H and O–H groups in total. The molecule has 15 heavy (non-hydrogen) atoms. The van der Waals surface area contributed by atoms with Gasteiger partial charge in [0.15, 0.2) is 0 Å². The van der Waals surface area contributed by atoms with Gasteiger partial charge in [0.1, 0.15) is 12.2 Å². The zero-order valence-corrected chi connectivity index (χ0v) is 8.75. The summed E-state index contributed by atoms with van der Waals surface area (Å²) in [6, 6.07) is 0. The van der Waals surface area contributed by atoms with Gasteiger partial charge in [-0.15, -0.1) is 0 Å². The number of H-pyrrole nitrogens is 1. The Morgan fingerprint density at radius 2 is 2.27 bits per heavy atom. The quantitative estimate of drug-likeness (QED) is 0.747. The summed E-state index contributed by atoms with van der Waals surface area (Å²) in [5.74, 6) is 0.274. The van der Waals surface area contributed by atoms with E-state index < -0.39 is 0 Å². The molecule has 4 nitrogen and oxygen atoms in total. The van der Waals surface area contributed by atoms with Gasteiger partial charge in [-0.25, -0.2) is 4.98 Å². The summed E-state index contributed by atoms with van der Waals surface area (Å²) in [6.45, 7) is 9.40. The van der Waals surface area contributed by atoms with Crippen LogP contribution in [-0.4, -0.2) is 22.5 Å². The molecule has 0 atom stereocenters. The van der Waals surface area contributed by atoms with E-state index in [9.17, 15) is 4.79 Å². The summed E-state index contributed by atoms with van der Waals surface area (Å²) in [5.41, 5.74) is 1.47. The normalized spacial score (nSPS) is 9.67. The lowest BCUT2D eigenvalue weighted by atomic mass is 10.3. The number of hydrogen-bond acceptors (Lipinski definition) is 3. The van der Waals surface area contributed by atoms with Crippen molar-refractivity contribution in [1.29, 1.82) is 0 Å². The van der Waals surface area contributed by atoms with Crippen molar-refractivity contribution in [1.82, 2.24) is 9.97 Å². The van der Waals surface area contributed by atoms with Crippen molar-refractivity contribution in [2.75, 3.05) is 6.61 Å². The van der Waals surface area contributed by atoms with E-state index in [0.717, 1.165) is 5.69 Å². The van der Waals surface area contributed by atoms with Crippen LogP contribution < -0.4 is 0 Å². The van der Waals surface area contributed by atoms with Crippen molar-refractivity contribution < 1.29 is 9.53 Å². The molecule has 0 saturated heterocycles. The molecule has 0 aliphatic rings. The van der Waals surface area contributed by atoms with Crippen LogP contribution in [0.3, 0.4) is 0 Å². The monoisotopic (exact) mass is 206 g/mol.